The van der Waals surface area contributed by atoms with E-state index in [-0.39, 0.29) is 5.91 Å². The summed E-state index contributed by atoms with van der Waals surface area (Å²) in [4.78, 5) is 20.2. The molecule has 1 aromatic rings. The van der Waals surface area contributed by atoms with Gasteiger partial charge in [-0.25, -0.2) is 0 Å². The molecule has 1 amide bonds. The van der Waals surface area contributed by atoms with E-state index in [1.807, 2.05) is 35.9 Å². The Bertz CT molecular complexity index is 415. The number of aromatic nitrogens is 1. The highest BCUT2D eigenvalue weighted by atomic mass is 16.2. The Hall–Kier alpha value is -1.62. The van der Waals surface area contributed by atoms with Crippen LogP contribution in [0.4, 0.5) is 5.69 Å². The van der Waals surface area contributed by atoms with Crippen LogP contribution in [0.1, 0.15) is 5.69 Å². The number of piperazine rings is 1. The minimum Gasteiger partial charge on any atom is -0.365 e. The fourth-order valence-electron chi connectivity index (χ4n) is 2.08. The normalized spacial score (nSPS) is 15.6. The zero-order chi connectivity index (χ0) is 13.0. The molecule has 0 bridgehead atoms. The summed E-state index contributed by atoms with van der Waals surface area (Å²) in [6, 6.07) is 3.92. The minimum atomic E-state index is 0.188. The minimum absolute atomic E-state index is 0.188. The summed E-state index contributed by atoms with van der Waals surface area (Å²) in [5.41, 5.74) is 2.00. The predicted octanol–water partition coefficient (Wildman–Crippen LogP) is 0.258. The van der Waals surface area contributed by atoms with E-state index in [9.17, 15) is 4.79 Å². The molecule has 0 atom stereocenters. The van der Waals surface area contributed by atoms with Gasteiger partial charge in [-0.1, -0.05) is 0 Å². The van der Waals surface area contributed by atoms with Crippen LogP contribution < -0.4 is 10.2 Å². The summed E-state index contributed by atoms with van der Waals surface area (Å²) in [6.45, 7) is 5.77. The summed E-state index contributed by atoms with van der Waals surface area (Å²) >= 11 is 0. The summed E-state index contributed by atoms with van der Waals surface area (Å²) < 4.78 is 0. The fraction of sp³-hybridized carbons (Fsp3) is 0.538. The Morgan fingerprint density at radius 1 is 1.50 bits per heavy atom. The highest BCUT2D eigenvalue weighted by Gasteiger charge is 2.17. The zero-order valence-electron chi connectivity index (χ0n) is 11.0. The summed E-state index contributed by atoms with van der Waals surface area (Å²) in [7, 11) is 1.94. The molecule has 0 radical (unpaired) electrons. The number of nitrogens with zero attached hydrogens (tertiary/aromatic N) is 3. The van der Waals surface area contributed by atoms with Crippen molar-refractivity contribution in [3.8, 4) is 0 Å². The second-order valence-corrected chi connectivity index (χ2v) is 4.64. The molecule has 0 unspecified atom stereocenters. The van der Waals surface area contributed by atoms with Gasteiger partial charge in [0.1, 0.15) is 0 Å². The number of carbonyl (C=O) groups excluding carboxylic acids is 1. The Balaban J connectivity index is 1.94. The lowest BCUT2D eigenvalue weighted by Gasteiger charge is -2.29. The third-order valence-electron chi connectivity index (χ3n) is 3.16. The summed E-state index contributed by atoms with van der Waals surface area (Å²) in [5.74, 6) is 0.188. The Morgan fingerprint density at radius 3 is 2.89 bits per heavy atom. The van der Waals surface area contributed by atoms with Crippen molar-refractivity contribution >= 4 is 11.6 Å². The van der Waals surface area contributed by atoms with E-state index >= 15 is 0 Å². The molecule has 0 aromatic carbocycles. The average Bonchev–Trinajstić information content (AvgIpc) is 2.39. The van der Waals surface area contributed by atoms with Gasteiger partial charge in [-0.15, -0.1) is 0 Å². The molecule has 0 aliphatic carbocycles. The number of pyridine rings is 1. The van der Waals surface area contributed by atoms with E-state index < -0.39 is 0 Å². The van der Waals surface area contributed by atoms with Crippen LogP contribution in [0.3, 0.4) is 0 Å². The van der Waals surface area contributed by atoms with E-state index in [1.54, 1.807) is 6.20 Å². The molecule has 1 aromatic heterocycles. The van der Waals surface area contributed by atoms with Crippen molar-refractivity contribution in [1.29, 1.82) is 0 Å². The maximum Gasteiger partial charge on any atom is 0.242 e. The van der Waals surface area contributed by atoms with Crippen molar-refractivity contribution in [2.75, 3.05) is 44.7 Å². The molecule has 0 spiro atoms. The molecule has 98 valence electrons. The van der Waals surface area contributed by atoms with Crippen LogP contribution in [-0.4, -0.2) is 55.6 Å². The van der Waals surface area contributed by atoms with Crippen molar-refractivity contribution in [2.45, 2.75) is 6.92 Å². The van der Waals surface area contributed by atoms with Crippen molar-refractivity contribution < 1.29 is 4.79 Å². The number of anilines is 1. The Morgan fingerprint density at radius 2 is 2.22 bits per heavy atom. The smallest absolute Gasteiger partial charge is 0.242 e. The van der Waals surface area contributed by atoms with Gasteiger partial charge in [0, 0.05) is 50.8 Å². The van der Waals surface area contributed by atoms with E-state index in [0.717, 1.165) is 37.6 Å². The van der Waals surface area contributed by atoms with E-state index in [2.05, 4.69) is 10.3 Å². The van der Waals surface area contributed by atoms with Gasteiger partial charge in [-0.2, -0.15) is 0 Å². The first-order chi connectivity index (χ1) is 8.66. The van der Waals surface area contributed by atoms with Crippen molar-refractivity contribution in [2.24, 2.45) is 0 Å². The molecule has 1 aliphatic heterocycles. The van der Waals surface area contributed by atoms with Crippen LogP contribution in [0.5, 0.6) is 0 Å². The number of hydrogen-bond acceptors (Lipinski definition) is 4. The average molecular weight is 248 g/mol. The van der Waals surface area contributed by atoms with Crippen molar-refractivity contribution in [1.82, 2.24) is 15.2 Å². The second kappa shape index (κ2) is 5.82. The van der Waals surface area contributed by atoms with Crippen LogP contribution in [0.25, 0.3) is 0 Å². The quantitative estimate of drug-likeness (QED) is 0.833. The van der Waals surface area contributed by atoms with E-state index in [0.29, 0.717) is 6.54 Å². The number of carbonyl (C=O) groups is 1. The Labute approximate surface area is 108 Å². The third-order valence-corrected chi connectivity index (χ3v) is 3.16. The number of likely N-dealkylation sites (N-methyl/N-ethyl adjacent to an activating group) is 1. The fourth-order valence-corrected chi connectivity index (χ4v) is 2.08. The number of amides is 1. The highest BCUT2D eigenvalue weighted by Crippen LogP contribution is 2.12. The van der Waals surface area contributed by atoms with Gasteiger partial charge in [0.25, 0.3) is 0 Å². The topological polar surface area (TPSA) is 48.5 Å². The molecule has 5 heteroatoms. The van der Waals surface area contributed by atoms with Crippen molar-refractivity contribution in [3.05, 3.63) is 24.0 Å². The maximum atomic E-state index is 12.1. The molecule has 0 saturated carbocycles. The van der Waals surface area contributed by atoms with Gasteiger partial charge in [-0.05, 0) is 19.1 Å². The first-order valence-electron chi connectivity index (χ1n) is 6.29. The number of hydrogen-bond donors (Lipinski definition) is 1. The van der Waals surface area contributed by atoms with Gasteiger partial charge in [0.2, 0.25) is 5.91 Å². The molecule has 18 heavy (non-hydrogen) atoms. The van der Waals surface area contributed by atoms with Crippen LogP contribution in [0.15, 0.2) is 18.3 Å². The molecule has 1 fully saturated rings. The molecule has 2 rings (SSSR count). The largest absolute Gasteiger partial charge is 0.365 e. The summed E-state index contributed by atoms with van der Waals surface area (Å²) in [5, 5.41) is 3.25. The van der Waals surface area contributed by atoms with E-state index in [1.165, 1.54) is 0 Å². The predicted molar refractivity (Wildman–Crippen MR) is 71.7 cm³/mol. The molecule has 1 N–H and O–H groups in total. The standard InChI is InChI=1S/C13H20N4O/c1-11-9-12(3-4-15-11)16(2)10-13(18)17-7-5-14-6-8-17/h3-4,9,14H,5-8,10H2,1-2H3. The highest BCUT2D eigenvalue weighted by molar-refractivity contribution is 5.81. The van der Waals surface area contributed by atoms with Crippen LogP contribution in [0.2, 0.25) is 0 Å². The lowest BCUT2D eigenvalue weighted by atomic mass is 10.3. The van der Waals surface area contributed by atoms with Gasteiger partial charge >= 0.3 is 0 Å². The molecule has 5 nitrogen and oxygen atoms in total. The van der Waals surface area contributed by atoms with E-state index in [4.69, 9.17) is 0 Å². The van der Waals surface area contributed by atoms with Crippen LogP contribution >= 0.6 is 0 Å². The number of rotatable bonds is 3. The monoisotopic (exact) mass is 248 g/mol. The molecule has 1 saturated heterocycles. The van der Waals surface area contributed by atoms with Gasteiger partial charge < -0.3 is 15.1 Å². The van der Waals surface area contributed by atoms with Crippen LogP contribution in [-0.2, 0) is 4.79 Å². The number of aryl methyl sites for hydroxylation is 1. The summed E-state index contributed by atoms with van der Waals surface area (Å²) in [6.07, 6.45) is 1.77. The molecule has 2 heterocycles. The first-order valence-corrected chi connectivity index (χ1v) is 6.29. The van der Waals surface area contributed by atoms with Gasteiger partial charge in [-0.3, -0.25) is 9.78 Å². The molecular formula is C13H20N4O. The van der Waals surface area contributed by atoms with Gasteiger partial charge in [0.15, 0.2) is 0 Å². The molecular weight excluding hydrogens is 228 g/mol. The lowest BCUT2D eigenvalue weighted by molar-refractivity contribution is -0.130. The SMILES string of the molecule is Cc1cc(N(C)CC(=O)N2CCNCC2)ccn1. The Kier molecular flexibility index (Phi) is 4.15. The van der Waals surface area contributed by atoms with Crippen LogP contribution in [0, 0.1) is 6.92 Å². The van der Waals surface area contributed by atoms with Gasteiger partial charge in [0.05, 0.1) is 6.54 Å². The van der Waals surface area contributed by atoms with Crippen molar-refractivity contribution in [3.63, 3.8) is 0 Å². The lowest BCUT2D eigenvalue weighted by Crippen LogP contribution is -2.49. The first kappa shape index (κ1) is 12.8. The zero-order valence-corrected chi connectivity index (χ0v) is 11.0. The maximum absolute atomic E-state index is 12.1. The number of nitrogens with one attached hydrogen (secondary N) is 1. The second-order valence-electron chi connectivity index (χ2n) is 4.64. The third kappa shape index (κ3) is 3.20. The molecule has 1 aliphatic rings.